The Kier molecular flexibility index (Phi) is 1.46. The van der Waals surface area contributed by atoms with Gasteiger partial charge in [0.25, 0.3) is 0 Å². The van der Waals surface area contributed by atoms with Gasteiger partial charge in [0.15, 0.2) is 0 Å². The van der Waals surface area contributed by atoms with Gasteiger partial charge in [-0.2, -0.15) is 0 Å². The molecule has 3 saturated heterocycles. The number of fused-ring (bicyclic) bond motifs is 5. The lowest BCUT2D eigenvalue weighted by atomic mass is 9.89. The Morgan fingerprint density at radius 2 is 2.23 bits per heavy atom. The molecule has 3 aliphatic heterocycles. The Bertz CT molecular complexity index is 252. The SMILES string of the molecule is CCOC(=O)[C@H]1C[C@H]2O[C@H]1[C@H]1O[C@@H]12. The maximum absolute atomic E-state index is 11.4. The second kappa shape index (κ2) is 2.45. The lowest BCUT2D eigenvalue weighted by molar-refractivity contribution is -0.150. The van der Waals surface area contributed by atoms with Crippen molar-refractivity contribution in [1.29, 1.82) is 0 Å². The summed E-state index contributed by atoms with van der Waals surface area (Å²) in [6.07, 6.45) is 1.40. The summed E-state index contributed by atoms with van der Waals surface area (Å²) in [5.41, 5.74) is 0. The van der Waals surface area contributed by atoms with Gasteiger partial charge in [0, 0.05) is 0 Å². The molecular weight excluding hydrogens is 172 g/mol. The zero-order valence-electron chi connectivity index (χ0n) is 7.43. The van der Waals surface area contributed by atoms with E-state index < -0.39 is 0 Å². The number of esters is 1. The highest BCUT2D eigenvalue weighted by atomic mass is 16.7. The van der Waals surface area contributed by atoms with Crippen molar-refractivity contribution in [3.05, 3.63) is 0 Å². The lowest BCUT2D eigenvalue weighted by Crippen LogP contribution is -2.31. The van der Waals surface area contributed by atoms with Gasteiger partial charge in [0.05, 0.1) is 18.6 Å². The van der Waals surface area contributed by atoms with Gasteiger partial charge in [-0.25, -0.2) is 0 Å². The molecule has 0 unspecified atom stereocenters. The van der Waals surface area contributed by atoms with E-state index in [0.29, 0.717) is 6.61 Å². The third-order valence-electron chi connectivity index (χ3n) is 3.06. The van der Waals surface area contributed by atoms with E-state index in [1.165, 1.54) is 0 Å². The highest BCUT2D eigenvalue weighted by molar-refractivity contribution is 5.74. The maximum Gasteiger partial charge on any atom is 0.311 e. The van der Waals surface area contributed by atoms with Crippen molar-refractivity contribution >= 4 is 5.97 Å². The Hall–Kier alpha value is -0.610. The molecule has 4 heteroatoms. The van der Waals surface area contributed by atoms with E-state index >= 15 is 0 Å². The summed E-state index contributed by atoms with van der Waals surface area (Å²) < 4.78 is 15.9. The summed E-state index contributed by atoms with van der Waals surface area (Å²) in [5, 5.41) is 0. The summed E-state index contributed by atoms with van der Waals surface area (Å²) in [5.74, 6) is -0.197. The largest absolute Gasteiger partial charge is 0.466 e. The molecule has 0 aromatic heterocycles. The minimum atomic E-state index is -0.121. The van der Waals surface area contributed by atoms with Gasteiger partial charge in [-0.05, 0) is 13.3 Å². The summed E-state index contributed by atoms with van der Waals surface area (Å²) in [6, 6.07) is 0. The fourth-order valence-corrected chi connectivity index (χ4v) is 2.43. The van der Waals surface area contributed by atoms with Crippen LogP contribution in [0.1, 0.15) is 13.3 Å². The van der Waals surface area contributed by atoms with E-state index in [1.54, 1.807) is 0 Å². The lowest BCUT2D eigenvalue weighted by Gasteiger charge is -2.14. The molecule has 5 atom stereocenters. The fraction of sp³-hybridized carbons (Fsp3) is 0.889. The second-order valence-corrected chi connectivity index (χ2v) is 3.80. The highest BCUT2D eigenvalue weighted by Gasteiger charge is 2.66. The minimum Gasteiger partial charge on any atom is -0.466 e. The molecule has 0 amide bonds. The van der Waals surface area contributed by atoms with E-state index in [9.17, 15) is 4.79 Å². The van der Waals surface area contributed by atoms with Crippen LogP contribution in [-0.2, 0) is 19.0 Å². The Balaban J connectivity index is 1.70. The van der Waals surface area contributed by atoms with Crippen LogP contribution in [0.4, 0.5) is 0 Å². The molecule has 4 nitrogen and oxygen atoms in total. The van der Waals surface area contributed by atoms with E-state index in [1.807, 2.05) is 6.92 Å². The molecule has 0 saturated carbocycles. The van der Waals surface area contributed by atoms with Crippen molar-refractivity contribution in [2.75, 3.05) is 6.61 Å². The van der Waals surface area contributed by atoms with Gasteiger partial charge in [0.2, 0.25) is 0 Å². The molecule has 3 heterocycles. The van der Waals surface area contributed by atoms with Crippen LogP contribution in [0.3, 0.4) is 0 Å². The molecule has 0 aromatic carbocycles. The molecule has 3 rings (SSSR count). The Labute approximate surface area is 76.1 Å². The smallest absolute Gasteiger partial charge is 0.311 e. The average molecular weight is 184 g/mol. The fourth-order valence-electron chi connectivity index (χ4n) is 2.43. The Morgan fingerprint density at radius 3 is 2.85 bits per heavy atom. The van der Waals surface area contributed by atoms with Gasteiger partial charge in [0.1, 0.15) is 18.3 Å². The molecule has 0 aliphatic carbocycles. The number of rotatable bonds is 2. The van der Waals surface area contributed by atoms with Crippen molar-refractivity contribution in [1.82, 2.24) is 0 Å². The summed E-state index contributed by atoms with van der Waals surface area (Å²) in [7, 11) is 0. The first-order valence-electron chi connectivity index (χ1n) is 4.79. The van der Waals surface area contributed by atoms with Crippen molar-refractivity contribution in [3.63, 3.8) is 0 Å². The van der Waals surface area contributed by atoms with Gasteiger partial charge in [-0.3, -0.25) is 4.79 Å². The second-order valence-electron chi connectivity index (χ2n) is 3.80. The summed E-state index contributed by atoms with van der Waals surface area (Å²) in [4.78, 5) is 11.4. The maximum atomic E-state index is 11.4. The van der Waals surface area contributed by atoms with Crippen LogP contribution in [0.25, 0.3) is 0 Å². The van der Waals surface area contributed by atoms with E-state index in [-0.39, 0.29) is 36.3 Å². The Morgan fingerprint density at radius 1 is 1.38 bits per heavy atom. The monoisotopic (exact) mass is 184 g/mol. The molecule has 0 radical (unpaired) electrons. The van der Waals surface area contributed by atoms with Crippen LogP contribution in [-0.4, -0.2) is 37.0 Å². The van der Waals surface area contributed by atoms with Crippen molar-refractivity contribution < 1.29 is 19.0 Å². The zero-order chi connectivity index (χ0) is 9.00. The molecular formula is C9H12O4. The molecule has 3 aliphatic rings. The third-order valence-corrected chi connectivity index (χ3v) is 3.06. The summed E-state index contributed by atoms with van der Waals surface area (Å²) >= 11 is 0. The van der Waals surface area contributed by atoms with Crippen LogP contribution in [0.2, 0.25) is 0 Å². The van der Waals surface area contributed by atoms with Crippen LogP contribution in [0, 0.1) is 5.92 Å². The summed E-state index contributed by atoms with van der Waals surface area (Å²) in [6.45, 7) is 2.27. The molecule has 2 bridgehead atoms. The zero-order valence-corrected chi connectivity index (χ0v) is 7.43. The van der Waals surface area contributed by atoms with E-state index in [4.69, 9.17) is 14.2 Å². The predicted molar refractivity (Wildman–Crippen MR) is 42.1 cm³/mol. The molecule has 72 valence electrons. The van der Waals surface area contributed by atoms with Gasteiger partial charge in [-0.15, -0.1) is 0 Å². The number of hydrogen-bond acceptors (Lipinski definition) is 4. The van der Waals surface area contributed by atoms with Gasteiger partial charge in [-0.1, -0.05) is 0 Å². The van der Waals surface area contributed by atoms with Gasteiger partial charge >= 0.3 is 5.97 Å². The minimum absolute atomic E-state index is 0.0194. The normalized spacial score (nSPS) is 50.4. The van der Waals surface area contributed by atoms with Crippen LogP contribution in [0.5, 0.6) is 0 Å². The quantitative estimate of drug-likeness (QED) is 0.451. The molecule has 13 heavy (non-hydrogen) atoms. The first-order chi connectivity index (χ1) is 6.31. The number of ether oxygens (including phenoxy) is 3. The average Bonchev–Trinajstić information content (AvgIpc) is 2.72. The van der Waals surface area contributed by atoms with E-state index in [0.717, 1.165) is 6.42 Å². The number of carbonyl (C=O) groups is 1. The molecule has 0 spiro atoms. The van der Waals surface area contributed by atoms with Gasteiger partial charge < -0.3 is 14.2 Å². The van der Waals surface area contributed by atoms with Crippen LogP contribution < -0.4 is 0 Å². The first kappa shape index (κ1) is 7.76. The van der Waals surface area contributed by atoms with E-state index in [2.05, 4.69) is 0 Å². The molecule has 0 aromatic rings. The first-order valence-corrected chi connectivity index (χ1v) is 4.79. The highest BCUT2D eigenvalue weighted by Crippen LogP contribution is 2.51. The van der Waals surface area contributed by atoms with Crippen molar-refractivity contribution in [2.24, 2.45) is 5.92 Å². The topological polar surface area (TPSA) is 48.1 Å². The number of epoxide rings is 1. The predicted octanol–water partition coefficient (Wildman–Crippen LogP) is 0.104. The molecule has 0 N–H and O–H groups in total. The van der Waals surface area contributed by atoms with Crippen LogP contribution in [0.15, 0.2) is 0 Å². The number of carbonyl (C=O) groups excluding carboxylic acids is 1. The van der Waals surface area contributed by atoms with Crippen molar-refractivity contribution in [2.45, 2.75) is 37.8 Å². The standard InChI is InChI=1S/C9H12O4/c1-2-11-9(10)4-3-5-7-8(13-7)6(4)12-5/h4-8H,2-3H2,1H3/t4-,5+,6+,7+,8+/m0/s1. The van der Waals surface area contributed by atoms with Crippen LogP contribution >= 0.6 is 0 Å². The molecule has 3 fully saturated rings. The van der Waals surface area contributed by atoms with Crippen molar-refractivity contribution in [3.8, 4) is 0 Å². The number of hydrogen-bond donors (Lipinski definition) is 0. The third kappa shape index (κ3) is 0.957.